The zero-order valence-corrected chi connectivity index (χ0v) is 13.1. The van der Waals surface area contributed by atoms with Crippen molar-refractivity contribution < 1.29 is 9.18 Å². The molecule has 0 spiro atoms. The zero-order valence-electron chi connectivity index (χ0n) is 13.1. The van der Waals surface area contributed by atoms with Gasteiger partial charge in [0.2, 0.25) is 5.91 Å². The summed E-state index contributed by atoms with van der Waals surface area (Å²) in [4.78, 5) is 12.0. The van der Waals surface area contributed by atoms with Crippen LogP contribution in [0.1, 0.15) is 57.9 Å². The fourth-order valence-corrected chi connectivity index (χ4v) is 3.31. The molecule has 0 atom stereocenters. The molecular weight excluding hydrogens is 265 g/mol. The van der Waals surface area contributed by atoms with E-state index in [9.17, 15) is 9.18 Å². The van der Waals surface area contributed by atoms with E-state index in [2.05, 4.69) is 19.2 Å². The monoisotopic (exact) mass is 291 g/mol. The van der Waals surface area contributed by atoms with Gasteiger partial charge in [0.05, 0.1) is 0 Å². The molecule has 1 aromatic carbocycles. The highest BCUT2D eigenvalue weighted by atomic mass is 19.1. The minimum absolute atomic E-state index is 0.0153. The lowest BCUT2D eigenvalue weighted by molar-refractivity contribution is -0.122. The quantitative estimate of drug-likeness (QED) is 0.866. The first kappa shape index (κ1) is 16.0. The Morgan fingerprint density at radius 3 is 2.38 bits per heavy atom. The molecule has 2 rings (SSSR count). The Labute approximate surface area is 127 Å². The van der Waals surface area contributed by atoms with E-state index in [4.69, 9.17) is 0 Å². The van der Waals surface area contributed by atoms with Gasteiger partial charge in [-0.25, -0.2) is 4.39 Å². The Hall–Kier alpha value is -1.38. The maximum absolute atomic E-state index is 13.2. The molecule has 0 bridgehead atoms. The average molecular weight is 291 g/mol. The van der Waals surface area contributed by atoms with Crippen LogP contribution in [0.2, 0.25) is 0 Å². The molecule has 21 heavy (non-hydrogen) atoms. The van der Waals surface area contributed by atoms with E-state index in [1.54, 1.807) is 0 Å². The molecule has 0 radical (unpaired) electrons. The number of hydrogen-bond donors (Lipinski definition) is 1. The second-order valence-electron chi connectivity index (χ2n) is 6.72. The summed E-state index contributed by atoms with van der Waals surface area (Å²) in [6.45, 7) is 4.77. The molecule has 1 aliphatic carbocycles. The maximum Gasteiger partial charge on any atom is 0.220 e. The third-order valence-corrected chi connectivity index (χ3v) is 4.48. The van der Waals surface area contributed by atoms with Crippen molar-refractivity contribution in [1.29, 1.82) is 0 Å². The molecule has 1 amide bonds. The summed E-state index contributed by atoms with van der Waals surface area (Å²) < 4.78 is 13.2. The maximum atomic E-state index is 13.2. The molecule has 1 fully saturated rings. The number of amides is 1. The minimum atomic E-state index is -0.200. The van der Waals surface area contributed by atoms with Crippen molar-refractivity contribution in [1.82, 2.24) is 5.32 Å². The van der Waals surface area contributed by atoms with Crippen LogP contribution >= 0.6 is 0 Å². The van der Waals surface area contributed by atoms with Crippen molar-refractivity contribution in [2.24, 2.45) is 5.92 Å². The molecule has 2 nitrogen and oxygen atoms in total. The molecule has 116 valence electrons. The zero-order chi connectivity index (χ0) is 15.3. The van der Waals surface area contributed by atoms with Gasteiger partial charge in [0.1, 0.15) is 5.82 Å². The van der Waals surface area contributed by atoms with Gasteiger partial charge in [0.25, 0.3) is 0 Å². The van der Waals surface area contributed by atoms with Crippen molar-refractivity contribution in [3.05, 3.63) is 35.6 Å². The summed E-state index contributed by atoms with van der Waals surface area (Å²) in [7, 11) is 0. The van der Waals surface area contributed by atoms with E-state index in [0.717, 1.165) is 18.4 Å². The van der Waals surface area contributed by atoms with Gasteiger partial charge in [0.15, 0.2) is 0 Å². The van der Waals surface area contributed by atoms with E-state index in [1.165, 1.54) is 31.4 Å². The fraction of sp³-hybridized carbons (Fsp3) is 0.611. The number of carbonyl (C=O) groups is 1. The van der Waals surface area contributed by atoms with E-state index in [-0.39, 0.29) is 17.1 Å². The average Bonchev–Trinajstić information content (AvgIpc) is 2.46. The Kier molecular flexibility index (Phi) is 5.38. The molecule has 0 heterocycles. The number of rotatable bonds is 5. The number of nitrogens with one attached hydrogen (secondary N) is 1. The largest absolute Gasteiger partial charge is 0.355 e. The first-order valence-corrected chi connectivity index (χ1v) is 8.05. The topological polar surface area (TPSA) is 29.1 Å². The molecule has 1 aliphatic rings. The third-order valence-electron chi connectivity index (χ3n) is 4.48. The second-order valence-corrected chi connectivity index (χ2v) is 6.72. The van der Waals surface area contributed by atoms with Crippen LogP contribution in [0.15, 0.2) is 24.3 Å². The SMILES string of the molecule is CC(C)CC(=O)NCC1(c2ccc(F)cc2)CCCCC1. The van der Waals surface area contributed by atoms with E-state index in [1.807, 2.05) is 12.1 Å². The van der Waals surface area contributed by atoms with Crippen LogP contribution in [0.25, 0.3) is 0 Å². The van der Waals surface area contributed by atoms with Crippen molar-refractivity contribution in [2.45, 2.75) is 57.8 Å². The number of carbonyl (C=O) groups excluding carboxylic acids is 1. The molecule has 1 saturated carbocycles. The molecule has 1 N–H and O–H groups in total. The molecule has 3 heteroatoms. The number of hydrogen-bond acceptors (Lipinski definition) is 1. The molecule has 1 aromatic rings. The van der Waals surface area contributed by atoms with Crippen molar-refractivity contribution in [2.75, 3.05) is 6.54 Å². The van der Waals surface area contributed by atoms with Crippen LogP contribution < -0.4 is 5.32 Å². The van der Waals surface area contributed by atoms with Crippen LogP contribution in [0.3, 0.4) is 0 Å². The van der Waals surface area contributed by atoms with Gasteiger partial charge >= 0.3 is 0 Å². The Balaban J connectivity index is 2.10. The van der Waals surface area contributed by atoms with Crippen molar-refractivity contribution in [3.8, 4) is 0 Å². The predicted molar refractivity (Wildman–Crippen MR) is 83.6 cm³/mol. The van der Waals surface area contributed by atoms with Crippen molar-refractivity contribution >= 4 is 5.91 Å². The first-order valence-electron chi connectivity index (χ1n) is 8.05. The first-order chi connectivity index (χ1) is 10.0. The highest BCUT2D eigenvalue weighted by molar-refractivity contribution is 5.76. The standard InChI is InChI=1S/C18H26FNO/c1-14(2)12-17(21)20-13-18(10-4-3-5-11-18)15-6-8-16(19)9-7-15/h6-9,14H,3-5,10-13H2,1-2H3,(H,20,21). The number of halogens is 1. The Morgan fingerprint density at radius 1 is 1.19 bits per heavy atom. The Bertz CT molecular complexity index is 461. The fourth-order valence-electron chi connectivity index (χ4n) is 3.31. The Morgan fingerprint density at radius 2 is 1.81 bits per heavy atom. The molecule has 0 saturated heterocycles. The summed E-state index contributed by atoms with van der Waals surface area (Å²) in [6.07, 6.45) is 6.32. The highest BCUT2D eigenvalue weighted by Gasteiger charge is 2.34. The van der Waals surface area contributed by atoms with Crippen LogP contribution in [0, 0.1) is 11.7 Å². The van der Waals surface area contributed by atoms with Gasteiger partial charge < -0.3 is 5.32 Å². The summed E-state index contributed by atoms with van der Waals surface area (Å²) >= 11 is 0. The van der Waals surface area contributed by atoms with Gasteiger partial charge in [-0.2, -0.15) is 0 Å². The lowest BCUT2D eigenvalue weighted by Crippen LogP contribution is -2.42. The van der Waals surface area contributed by atoms with Crippen LogP contribution in [-0.4, -0.2) is 12.5 Å². The van der Waals surface area contributed by atoms with Crippen LogP contribution in [0.5, 0.6) is 0 Å². The van der Waals surface area contributed by atoms with Gasteiger partial charge in [-0.3, -0.25) is 4.79 Å². The van der Waals surface area contributed by atoms with Gasteiger partial charge in [-0.15, -0.1) is 0 Å². The normalized spacial score (nSPS) is 17.7. The second kappa shape index (κ2) is 7.06. The summed E-state index contributed by atoms with van der Waals surface area (Å²) in [5.41, 5.74) is 1.15. The molecular formula is C18H26FNO. The summed E-state index contributed by atoms with van der Waals surface area (Å²) in [6, 6.07) is 6.83. The lowest BCUT2D eigenvalue weighted by atomic mass is 9.69. The van der Waals surface area contributed by atoms with E-state index < -0.39 is 0 Å². The summed E-state index contributed by atoms with van der Waals surface area (Å²) in [5, 5.41) is 3.10. The molecule has 0 unspecified atom stereocenters. The minimum Gasteiger partial charge on any atom is -0.355 e. The predicted octanol–water partition coefficient (Wildman–Crippen LogP) is 4.19. The lowest BCUT2D eigenvalue weighted by Gasteiger charge is -2.38. The molecule has 0 aliphatic heterocycles. The van der Waals surface area contributed by atoms with Crippen LogP contribution in [-0.2, 0) is 10.2 Å². The highest BCUT2D eigenvalue weighted by Crippen LogP contribution is 2.39. The summed E-state index contributed by atoms with van der Waals surface area (Å²) in [5.74, 6) is 0.295. The van der Waals surface area contributed by atoms with Gasteiger partial charge in [-0.05, 0) is 36.5 Å². The van der Waals surface area contributed by atoms with Crippen LogP contribution in [0.4, 0.5) is 4.39 Å². The van der Waals surface area contributed by atoms with E-state index >= 15 is 0 Å². The molecule has 0 aromatic heterocycles. The third kappa shape index (κ3) is 4.29. The number of benzene rings is 1. The van der Waals surface area contributed by atoms with Gasteiger partial charge in [0, 0.05) is 18.4 Å². The van der Waals surface area contributed by atoms with Crippen molar-refractivity contribution in [3.63, 3.8) is 0 Å². The van der Waals surface area contributed by atoms with E-state index in [0.29, 0.717) is 18.9 Å². The smallest absolute Gasteiger partial charge is 0.220 e. The van der Waals surface area contributed by atoms with Gasteiger partial charge in [-0.1, -0.05) is 45.2 Å².